The van der Waals surface area contributed by atoms with Crippen molar-refractivity contribution in [2.45, 2.75) is 31.2 Å². The standard InChI is InChI=1S/C17H20FNO3S/c1-12(2)14-5-7-15(8-6-14)23(20,21)19-11-13-4-9-17(22-3)16(18)10-13/h4-10,12,19H,11H2,1-3H3. The Balaban J connectivity index is 2.10. The van der Waals surface area contributed by atoms with E-state index in [1.54, 1.807) is 30.3 Å². The molecule has 0 amide bonds. The minimum Gasteiger partial charge on any atom is -0.494 e. The molecular weight excluding hydrogens is 317 g/mol. The van der Waals surface area contributed by atoms with Gasteiger partial charge in [0.2, 0.25) is 10.0 Å². The lowest BCUT2D eigenvalue weighted by Crippen LogP contribution is -2.23. The fraction of sp³-hybridized carbons (Fsp3) is 0.294. The molecule has 2 aromatic rings. The van der Waals surface area contributed by atoms with Gasteiger partial charge in [-0.1, -0.05) is 32.0 Å². The van der Waals surface area contributed by atoms with Gasteiger partial charge < -0.3 is 4.74 Å². The van der Waals surface area contributed by atoms with Gasteiger partial charge in [0.05, 0.1) is 12.0 Å². The van der Waals surface area contributed by atoms with Crippen LogP contribution in [0.15, 0.2) is 47.4 Å². The van der Waals surface area contributed by atoms with Gasteiger partial charge in [0.1, 0.15) is 0 Å². The second kappa shape index (κ2) is 7.10. The minimum atomic E-state index is -3.63. The Labute approximate surface area is 136 Å². The summed E-state index contributed by atoms with van der Waals surface area (Å²) < 4.78 is 45.4. The summed E-state index contributed by atoms with van der Waals surface area (Å²) in [6.07, 6.45) is 0. The van der Waals surface area contributed by atoms with E-state index in [0.29, 0.717) is 11.5 Å². The average Bonchev–Trinajstić information content (AvgIpc) is 2.53. The summed E-state index contributed by atoms with van der Waals surface area (Å²) in [7, 11) is -2.26. The monoisotopic (exact) mass is 337 g/mol. The molecule has 0 unspecified atom stereocenters. The average molecular weight is 337 g/mol. The maximum atomic E-state index is 13.6. The van der Waals surface area contributed by atoms with Crippen LogP contribution in [-0.2, 0) is 16.6 Å². The molecule has 0 radical (unpaired) electrons. The molecule has 0 spiro atoms. The molecule has 0 fully saturated rings. The van der Waals surface area contributed by atoms with Crippen LogP contribution in [0.4, 0.5) is 4.39 Å². The first kappa shape index (κ1) is 17.4. The van der Waals surface area contributed by atoms with Gasteiger partial charge in [-0.15, -0.1) is 0 Å². The van der Waals surface area contributed by atoms with Crippen LogP contribution in [0.25, 0.3) is 0 Å². The van der Waals surface area contributed by atoms with Crippen LogP contribution in [0.2, 0.25) is 0 Å². The SMILES string of the molecule is COc1ccc(CNS(=O)(=O)c2ccc(C(C)C)cc2)cc1F. The summed E-state index contributed by atoms with van der Waals surface area (Å²) in [5.41, 5.74) is 1.59. The van der Waals surface area contributed by atoms with Crippen molar-refractivity contribution in [3.05, 3.63) is 59.4 Å². The van der Waals surface area contributed by atoms with Crippen LogP contribution < -0.4 is 9.46 Å². The van der Waals surface area contributed by atoms with E-state index in [9.17, 15) is 12.8 Å². The number of methoxy groups -OCH3 is 1. The third kappa shape index (κ3) is 4.30. The summed E-state index contributed by atoms with van der Waals surface area (Å²) in [6, 6.07) is 11.1. The number of hydrogen-bond acceptors (Lipinski definition) is 3. The van der Waals surface area contributed by atoms with Gasteiger partial charge in [0.25, 0.3) is 0 Å². The second-order valence-electron chi connectivity index (χ2n) is 5.52. The molecule has 1 N–H and O–H groups in total. The normalized spacial score (nSPS) is 11.7. The molecule has 0 aliphatic heterocycles. The zero-order valence-corrected chi connectivity index (χ0v) is 14.2. The van der Waals surface area contributed by atoms with Crippen molar-refractivity contribution in [1.82, 2.24) is 4.72 Å². The zero-order valence-electron chi connectivity index (χ0n) is 13.3. The van der Waals surface area contributed by atoms with Crippen LogP contribution >= 0.6 is 0 Å². The molecule has 0 aromatic heterocycles. The minimum absolute atomic E-state index is 0.00911. The highest BCUT2D eigenvalue weighted by atomic mass is 32.2. The van der Waals surface area contributed by atoms with Gasteiger partial charge >= 0.3 is 0 Å². The highest BCUT2D eigenvalue weighted by Gasteiger charge is 2.14. The molecule has 2 rings (SSSR count). The van der Waals surface area contributed by atoms with E-state index in [0.717, 1.165) is 5.56 Å². The van der Waals surface area contributed by atoms with Crippen molar-refractivity contribution in [3.8, 4) is 5.75 Å². The van der Waals surface area contributed by atoms with Crippen molar-refractivity contribution in [1.29, 1.82) is 0 Å². The maximum absolute atomic E-state index is 13.6. The number of ether oxygens (including phenoxy) is 1. The van der Waals surface area contributed by atoms with Gasteiger partial charge in [-0.25, -0.2) is 17.5 Å². The molecule has 0 aliphatic rings. The van der Waals surface area contributed by atoms with E-state index >= 15 is 0 Å². The molecule has 4 nitrogen and oxygen atoms in total. The van der Waals surface area contributed by atoms with E-state index in [4.69, 9.17) is 4.74 Å². The lowest BCUT2D eigenvalue weighted by Gasteiger charge is -2.10. The zero-order chi connectivity index (χ0) is 17.0. The number of rotatable bonds is 6. The smallest absolute Gasteiger partial charge is 0.240 e. The van der Waals surface area contributed by atoms with E-state index < -0.39 is 15.8 Å². The summed E-state index contributed by atoms with van der Waals surface area (Å²) in [5, 5.41) is 0. The van der Waals surface area contributed by atoms with Crippen molar-refractivity contribution in [2.24, 2.45) is 0 Å². The molecule has 2 aromatic carbocycles. The first-order valence-electron chi connectivity index (χ1n) is 7.25. The molecule has 6 heteroatoms. The fourth-order valence-electron chi connectivity index (χ4n) is 2.11. The van der Waals surface area contributed by atoms with Gasteiger partial charge in [0, 0.05) is 6.54 Å². The quantitative estimate of drug-likeness (QED) is 0.878. The van der Waals surface area contributed by atoms with Crippen molar-refractivity contribution < 1.29 is 17.5 Å². The number of halogens is 1. The van der Waals surface area contributed by atoms with Crippen LogP contribution in [0.1, 0.15) is 30.9 Å². The van der Waals surface area contributed by atoms with E-state index in [2.05, 4.69) is 4.72 Å². The third-order valence-corrected chi connectivity index (χ3v) is 4.96. The predicted octanol–water partition coefficient (Wildman–Crippen LogP) is 3.44. The Morgan fingerprint density at radius 1 is 1.13 bits per heavy atom. The molecule has 124 valence electrons. The van der Waals surface area contributed by atoms with Gasteiger partial charge in [-0.2, -0.15) is 0 Å². The first-order valence-corrected chi connectivity index (χ1v) is 8.74. The van der Waals surface area contributed by atoms with Crippen molar-refractivity contribution in [2.75, 3.05) is 7.11 Å². The predicted molar refractivity (Wildman–Crippen MR) is 87.5 cm³/mol. The first-order chi connectivity index (χ1) is 10.8. The summed E-state index contributed by atoms with van der Waals surface area (Å²) >= 11 is 0. The third-order valence-electron chi connectivity index (χ3n) is 3.54. The number of nitrogens with one attached hydrogen (secondary N) is 1. The fourth-order valence-corrected chi connectivity index (χ4v) is 3.13. The Kier molecular flexibility index (Phi) is 5.38. The van der Waals surface area contributed by atoms with Crippen molar-refractivity contribution >= 4 is 10.0 Å². The topological polar surface area (TPSA) is 55.4 Å². The lowest BCUT2D eigenvalue weighted by molar-refractivity contribution is 0.386. The summed E-state index contributed by atoms with van der Waals surface area (Å²) in [4.78, 5) is 0.191. The number of benzene rings is 2. The van der Waals surface area contributed by atoms with E-state index in [-0.39, 0.29) is 17.2 Å². The molecule has 0 atom stereocenters. The van der Waals surface area contributed by atoms with Gasteiger partial charge in [-0.05, 0) is 41.3 Å². The molecule has 0 aliphatic carbocycles. The molecule has 23 heavy (non-hydrogen) atoms. The lowest BCUT2D eigenvalue weighted by atomic mass is 10.0. The highest BCUT2D eigenvalue weighted by Crippen LogP contribution is 2.19. The van der Waals surface area contributed by atoms with Crippen LogP contribution in [0, 0.1) is 5.82 Å². The maximum Gasteiger partial charge on any atom is 0.240 e. The van der Waals surface area contributed by atoms with E-state index in [1.165, 1.54) is 19.2 Å². The summed E-state index contributed by atoms with van der Waals surface area (Å²) in [5.74, 6) is -0.0617. The molecular formula is C17H20FNO3S. The Hall–Kier alpha value is -1.92. The molecule has 0 heterocycles. The number of hydrogen-bond donors (Lipinski definition) is 1. The Bertz CT molecular complexity index is 771. The van der Waals surface area contributed by atoms with Gasteiger partial charge in [-0.3, -0.25) is 0 Å². The van der Waals surface area contributed by atoms with Crippen LogP contribution in [0.3, 0.4) is 0 Å². The highest BCUT2D eigenvalue weighted by molar-refractivity contribution is 7.89. The van der Waals surface area contributed by atoms with Gasteiger partial charge in [0.15, 0.2) is 11.6 Å². The Morgan fingerprint density at radius 2 is 1.78 bits per heavy atom. The molecule has 0 bridgehead atoms. The summed E-state index contributed by atoms with van der Waals surface area (Å²) in [6.45, 7) is 4.09. The van der Waals surface area contributed by atoms with E-state index in [1.807, 2.05) is 13.8 Å². The molecule has 0 saturated heterocycles. The Morgan fingerprint density at radius 3 is 2.30 bits per heavy atom. The number of sulfonamides is 1. The van der Waals surface area contributed by atoms with Crippen molar-refractivity contribution in [3.63, 3.8) is 0 Å². The van der Waals surface area contributed by atoms with Crippen LogP contribution in [0.5, 0.6) is 5.75 Å². The largest absolute Gasteiger partial charge is 0.494 e. The second-order valence-corrected chi connectivity index (χ2v) is 7.28. The van der Waals surface area contributed by atoms with Crippen LogP contribution in [-0.4, -0.2) is 15.5 Å². The molecule has 0 saturated carbocycles.